The first kappa shape index (κ1) is 15.5. The van der Waals surface area contributed by atoms with E-state index in [-0.39, 0.29) is 11.3 Å². The molecule has 1 N–H and O–H groups in total. The van der Waals surface area contributed by atoms with Gasteiger partial charge in [0.1, 0.15) is 17.1 Å². The summed E-state index contributed by atoms with van der Waals surface area (Å²) in [6, 6.07) is 10.9. The number of alkyl halides is 1. The molecule has 0 atom stereocenters. The molecule has 2 aromatic heterocycles. The number of rotatable bonds is 3. The number of aromatic hydroxyl groups is 1. The number of hydrogen-bond donors (Lipinski definition) is 1. The lowest BCUT2D eigenvalue weighted by Crippen LogP contribution is -2.07. The lowest BCUT2D eigenvalue weighted by atomic mass is 9.98. The van der Waals surface area contributed by atoms with Crippen LogP contribution in [0.4, 0.5) is 0 Å². The second-order valence-electron chi connectivity index (χ2n) is 5.10. The first-order chi connectivity index (χ1) is 11.1. The molecule has 0 saturated carbocycles. The minimum atomic E-state index is -0.569. The lowest BCUT2D eigenvalue weighted by Gasteiger charge is -2.12. The Bertz CT molecular complexity index is 904. The maximum absolute atomic E-state index is 12.5. The number of halogens is 1. The number of hydrogen-bond acceptors (Lipinski definition) is 4. The minimum absolute atomic E-state index is 0.0616. The molecule has 1 aromatic carbocycles. The van der Waals surface area contributed by atoms with Crippen LogP contribution < -0.4 is 5.63 Å². The van der Waals surface area contributed by atoms with Gasteiger partial charge >= 0.3 is 5.63 Å². The van der Waals surface area contributed by atoms with Crippen LogP contribution in [0.15, 0.2) is 58.0 Å². The highest BCUT2D eigenvalue weighted by Gasteiger charge is 2.20. The zero-order valence-electron chi connectivity index (χ0n) is 12.4. The molecule has 0 spiro atoms. The van der Waals surface area contributed by atoms with E-state index in [0.29, 0.717) is 27.8 Å². The van der Waals surface area contributed by atoms with Crippen LogP contribution in [0.1, 0.15) is 11.1 Å². The SMILES string of the molecule is Cc1c(-c2cccnc2)oc(=O)c(-c2ccccc2CBr)c1O. The van der Waals surface area contributed by atoms with Crippen molar-refractivity contribution >= 4 is 15.9 Å². The molecule has 0 saturated heterocycles. The van der Waals surface area contributed by atoms with Crippen molar-refractivity contribution in [1.29, 1.82) is 0 Å². The van der Waals surface area contributed by atoms with Gasteiger partial charge in [-0.05, 0) is 30.2 Å². The molecule has 0 bridgehead atoms. The molecule has 0 unspecified atom stereocenters. The summed E-state index contributed by atoms with van der Waals surface area (Å²) in [6.45, 7) is 1.72. The third-order valence-corrected chi connectivity index (χ3v) is 4.29. The summed E-state index contributed by atoms with van der Waals surface area (Å²) in [7, 11) is 0. The lowest BCUT2D eigenvalue weighted by molar-refractivity contribution is 0.450. The second-order valence-corrected chi connectivity index (χ2v) is 5.66. The van der Waals surface area contributed by atoms with Crippen molar-refractivity contribution in [1.82, 2.24) is 4.98 Å². The van der Waals surface area contributed by atoms with Crippen molar-refractivity contribution in [2.45, 2.75) is 12.3 Å². The topological polar surface area (TPSA) is 63.3 Å². The predicted octanol–water partition coefficient (Wildman–Crippen LogP) is 4.28. The van der Waals surface area contributed by atoms with Gasteiger partial charge in [0.2, 0.25) is 0 Å². The fourth-order valence-corrected chi connectivity index (χ4v) is 2.99. The van der Waals surface area contributed by atoms with Gasteiger partial charge in [-0.25, -0.2) is 4.79 Å². The van der Waals surface area contributed by atoms with Crippen LogP contribution in [0.3, 0.4) is 0 Å². The molecule has 3 aromatic rings. The molecule has 0 aliphatic rings. The average molecular weight is 372 g/mol. The van der Waals surface area contributed by atoms with Crippen molar-refractivity contribution in [3.8, 4) is 28.2 Å². The molecule has 3 rings (SSSR count). The van der Waals surface area contributed by atoms with Crippen LogP contribution >= 0.6 is 15.9 Å². The van der Waals surface area contributed by atoms with Crippen molar-refractivity contribution in [3.05, 3.63) is 70.3 Å². The number of pyridine rings is 1. The Hall–Kier alpha value is -2.40. The highest BCUT2D eigenvalue weighted by molar-refractivity contribution is 9.08. The monoisotopic (exact) mass is 371 g/mol. The van der Waals surface area contributed by atoms with Gasteiger partial charge in [0.05, 0.1) is 0 Å². The van der Waals surface area contributed by atoms with Gasteiger partial charge in [-0.3, -0.25) is 4.98 Å². The number of benzene rings is 1. The molecule has 0 aliphatic carbocycles. The second kappa shape index (κ2) is 6.38. The Morgan fingerprint density at radius 2 is 2.00 bits per heavy atom. The summed E-state index contributed by atoms with van der Waals surface area (Å²) < 4.78 is 5.49. The van der Waals surface area contributed by atoms with E-state index in [4.69, 9.17) is 4.42 Å². The maximum atomic E-state index is 12.5. The molecular formula is C18H14BrNO3. The third kappa shape index (κ3) is 2.80. The Morgan fingerprint density at radius 3 is 2.70 bits per heavy atom. The average Bonchev–Trinajstić information content (AvgIpc) is 2.59. The zero-order valence-corrected chi connectivity index (χ0v) is 14.0. The predicted molar refractivity (Wildman–Crippen MR) is 92.7 cm³/mol. The van der Waals surface area contributed by atoms with Crippen LogP contribution in [0.5, 0.6) is 5.75 Å². The minimum Gasteiger partial charge on any atom is -0.507 e. The summed E-state index contributed by atoms with van der Waals surface area (Å²) in [6.07, 6.45) is 3.23. The third-order valence-electron chi connectivity index (χ3n) is 3.69. The largest absolute Gasteiger partial charge is 0.507 e. The fraction of sp³-hybridized carbons (Fsp3) is 0.111. The Balaban J connectivity index is 2.26. The molecule has 0 fully saturated rings. The molecule has 0 aliphatic heterocycles. The summed E-state index contributed by atoms with van der Waals surface area (Å²) >= 11 is 3.40. The highest BCUT2D eigenvalue weighted by atomic mass is 79.9. The van der Waals surface area contributed by atoms with Crippen molar-refractivity contribution in [2.24, 2.45) is 0 Å². The van der Waals surface area contributed by atoms with Crippen molar-refractivity contribution < 1.29 is 9.52 Å². The van der Waals surface area contributed by atoms with Crippen LogP contribution in [-0.4, -0.2) is 10.1 Å². The van der Waals surface area contributed by atoms with Gasteiger partial charge in [-0.2, -0.15) is 0 Å². The molecule has 2 heterocycles. The van der Waals surface area contributed by atoms with E-state index in [9.17, 15) is 9.90 Å². The molecule has 23 heavy (non-hydrogen) atoms. The Morgan fingerprint density at radius 1 is 1.22 bits per heavy atom. The van der Waals surface area contributed by atoms with Gasteiger partial charge < -0.3 is 9.52 Å². The quantitative estimate of drug-likeness (QED) is 0.698. The van der Waals surface area contributed by atoms with E-state index in [1.54, 1.807) is 37.5 Å². The molecular weight excluding hydrogens is 358 g/mol. The molecule has 0 radical (unpaired) electrons. The zero-order chi connectivity index (χ0) is 16.4. The maximum Gasteiger partial charge on any atom is 0.347 e. The van der Waals surface area contributed by atoms with E-state index < -0.39 is 5.63 Å². The summed E-state index contributed by atoms with van der Waals surface area (Å²) in [4.78, 5) is 16.5. The van der Waals surface area contributed by atoms with Crippen LogP contribution in [-0.2, 0) is 5.33 Å². The normalized spacial score (nSPS) is 10.7. The molecule has 4 nitrogen and oxygen atoms in total. The smallest absolute Gasteiger partial charge is 0.347 e. The van der Waals surface area contributed by atoms with E-state index in [2.05, 4.69) is 20.9 Å². The molecule has 116 valence electrons. The van der Waals surface area contributed by atoms with Gasteiger partial charge in [0, 0.05) is 28.9 Å². The number of aromatic nitrogens is 1. The molecule has 0 amide bonds. The Labute approximate surface area is 141 Å². The number of nitrogens with zero attached hydrogens (tertiary/aromatic N) is 1. The Kier molecular flexibility index (Phi) is 4.30. The van der Waals surface area contributed by atoms with E-state index >= 15 is 0 Å². The van der Waals surface area contributed by atoms with Crippen LogP contribution in [0, 0.1) is 6.92 Å². The fourth-order valence-electron chi connectivity index (χ4n) is 2.50. The van der Waals surface area contributed by atoms with Gasteiger partial charge in [0.15, 0.2) is 0 Å². The van der Waals surface area contributed by atoms with E-state index in [1.165, 1.54) is 0 Å². The van der Waals surface area contributed by atoms with Crippen LogP contribution in [0.25, 0.3) is 22.5 Å². The first-order valence-corrected chi connectivity index (χ1v) is 8.17. The van der Waals surface area contributed by atoms with Gasteiger partial charge in [-0.1, -0.05) is 40.2 Å². The summed E-state index contributed by atoms with van der Waals surface area (Å²) in [5, 5.41) is 11.2. The van der Waals surface area contributed by atoms with E-state index in [1.807, 2.05) is 18.2 Å². The van der Waals surface area contributed by atoms with Gasteiger partial charge in [-0.15, -0.1) is 0 Å². The van der Waals surface area contributed by atoms with Gasteiger partial charge in [0.25, 0.3) is 0 Å². The standard InChI is InChI=1S/C18H14BrNO3/c1-11-16(21)15(14-7-3-2-5-12(14)9-19)18(22)23-17(11)13-6-4-8-20-10-13/h2-8,10,21H,9H2,1H3. The molecule has 5 heteroatoms. The van der Waals surface area contributed by atoms with Crippen molar-refractivity contribution in [2.75, 3.05) is 0 Å². The summed E-state index contributed by atoms with van der Waals surface area (Å²) in [5.74, 6) is 0.272. The summed E-state index contributed by atoms with van der Waals surface area (Å²) in [5.41, 5.74) is 2.35. The van der Waals surface area contributed by atoms with E-state index in [0.717, 1.165) is 5.56 Å². The van der Waals surface area contributed by atoms with Crippen molar-refractivity contribution in [3.63, 3.8) is 0 Å². The highest BCUT2D eigenvalue weighted by Crippen LogP contribution is 2.36. The van der Waals surface area contributed by atoms with Crippen LogP contribution in [0.2, 0.25) is 0 Å². The first-order valence-electron chi connectivity index (χ1n) is 7.04.